The van der Waals surface area contributed by atoms with Crippen molar-refractivity contribution in [1.82, 2.24) is 10.2 Å². The number of nitrogens with zero attached hydrogens (tertiary/aromatic N) is 1. The molecular weight excluding hydrogens is 384 g/mol. The Kier molecular flexibility index (Phi) is 15.8. The maximum atomic E-state index is 12.1. The highest BCUT2D eigenvalue weighted by Crippen LogP contribution is 2.18. The van der Waals surface area contributed by atoms with E-state index in [9.17, 15) is 9.59 Å². The van der Waals surface area contributed by atoms with Crippen LogP contribution in [0.15, 0.2) is 0 Å². The number of unbranched alkanes of at least 4 members (excludes halogenated alkanes) is 19. The molecule has 1 saturated heterocycles. The van der Waals surface area contributed by atoms with Crippen LogP contribution in [0.5, 0.6) is 0 Å². The third-order valence-electron chi connectivity index (χ3n) is 6.68. The second-order valence-electron chi connectivity index (χ2n) is 10.2. The summed E-state index contributed by atoms with van der Waals surface area (Å²) in [5.41, 5.74) is -0.732. The van der Waals surface area contributed by atoms with Crippen LogP contribution in [0.3, 0.4) is 0 Å². The van der Waals surface area contributed by atoms with Crippen molar-refractivity contribution < 1.29 is 9.59 Å². The van der Waals surface area contributed by atoms with Gasteiger partial charge in [-0.2, -0.15) is 0 Å². The minimum atomic E-state index is -0.732. The van der Waals surface area contributed by atoms with Crippen LogP contribution in [0.4, 0.5) is 4.79 Å². The van der Waals surface area contributed by atoms with Gasteiger partial charge in [0.25, 0.3) is 5.91 Å². The lowest BCUT2D eigenvalue weighted by molar-refractivity contribution is -0.130. The van der Waals surface area contributed by atoms with Gasteiger partial charge in [-0.1, -0.05) is 129 Å². The molecule has 0 radical (unpaired) electrons. The second kappa shape index (κ2) is 17.5. The summed E-state index contributed by atoms with van der Waals surface area (Å²) in [6, 6.07) is -0.229. The van der Waals surface area contributed by atoms with Crippen LogP contribution in [0, 0.1) is 0 Å². The largest absolute Gasteiger partial charge is 0.325 e. The summed E-state index contributed by atoms with van der Waals surface area (Å²) in [4.78, 5) is 25.3. The van der Waals surface area contributed by atoms with Crippen LogP contribution in [-0.4, -0.2) is 28.9 Å². The highest BCUT2D eigenvalue weighted by Gasteiger charge is 2.43. The molecule has 1 aliphatic heterocycles. The van der Waals surface area contributed by atoms with Crippen molar-refractivity contribution in [3.63, 3.8) is 0 Å². The summed E-state index contributed by atoms with van der Waals surface area (Å²) in [5, 5.41) is 2.74. The highest BCUT2D eigenvalue weighted by atomic mass is 16.2. The van der Waals surface area contributed by atoms with E-state index in [-0.39, 0.29) is 11.9 Å². The van der Waals surface area contributed by atoms with Gasteiger partial charge >= 0.3 is 6.03 Å². The van der Waals surface area contributed by atoms with E-state index in [2.05, 4.69) is 12.2 Å². The van der Waals surface area contributed by atoms with E-state index < -0.39 is 5.54 Å². The number of imide groups is 1. The Morgan fingerprint density at radius 2 is 0.903 bits per heavy atom. The predicted molar refractivity (Wildman–Crippen MR) is 132 cm³/mol. The number of urea groups is 1. The van der Waals surface area contributed by atoms with Gasteiger partial charge in [-0.25, -0.2) is 4.79 Å². The number of hydrogen-bond acceptors (Lipinski definition) is 2. The summed E-state index contributed by atoms with van der Waals surface area (Å²) in [7, 11) is 0. The number of rotatable bonds is 21. The molecule has 0 spiro atoms. The SMILES string of the molecule is CCCCCCCCCCCCCCCCCCCCCCN1C(=O)NC(C)(C)C1=O. The van der Waals surface area contributed by atoms with Crippen molar-refractivity contribution in [2.75, 3.05) is 6.54 Å². The molecule has 0 aromatic heterocycles. The van der Waals surface area contributed by atoms with Crippen LogP contribution in [0.2, 0.25) is 0 Å². The molecule has 0 saturated carbocycles. The number of amides is 3. The maximum Gasteiger partial charge on any atom is 0.325 e. The summed E-state index contributed by atoms with van der Waals surface area (Å²) in [6.07, 6.45) is 27.2. The van der Waals surface area contributed by atoms with Crippen LogP contribution in [-0.2, 0) is 4.79 Å². The van der Waals surface area contributed by atoms with Gasteiger partial charge in [0.2, 0.25) is 0 Å². The molecule has 1 rings (SSSR count). The first-order valence-electron chi connectivity index (χ1n) is 13.6. The molecular formula is C27H52N2O2. The zero-order valence-electron chi connectivity index (χ0n) is 21.1. The fourth-order valence-corrected chi connectivity index (χ4v) is 4.55. The minimum Gasteiger partial charge on any atom is -0.324 e. The number of nitrogens with one attached hydrogen (secondary N) is 1. The van der Waals surface area contributed by atoms with Crippen molar-refractivity contribution in [1.29, 1.82) is 0 Å². The van der Waals surface area contributed by atoms with Gasteiger partial charge in [-0.05, 0) is 20.3 Å². The Morgan fingerprint density at radius 1 is 0.581 bits per heavy atom. The lowest BCUT2D eigenvalue weighted by atomic mass is 10.0. The van der Waals surface area contributed by atoms with Gasteiger partial charge in [0.05, 0.1) is 0 Å². The van der Waals surface area contributed by atoms with E-state index in [0.29, 0.717) is 6.54 Å². The van der Waals surface area contributed by atoms with Crippen LogP contribution in [0.25, 0.3) is 0 Å². The smallest absolute Gasteiger partial charge is 0.324 e. The van der Waals surface area contributed by atoms with Crippen LogP contribution < -0.4 is 5.32 Å². The maximum absolute atomic E-state index is 12.1. The Hall–Kier alpha value is -1.06. The van der Waals surface area contributed by atoms with Gasteiger partial charge < -0.3 is 5.32 Å². The van der Waals surface area contributed by atoms with Crippen molar-refractivity contribution in [3.8, 4) is 0 Å². The van der Waals surface area contributed by atoms with Crippen molar-refractivity contribution in [2.45, 2.75) is 155 Å². The molecule has 1 fully saturated rings. The minimum absolute atomic E-state index is 0.0877. The molecule has 0 aromatic carbocycles. The van der Waals surface area contributed by atoms with E-state index >= 15 is 0 Å². The van der Waals surface area contributed by atoms with Gasteiger partial charge in [-0.15, -0.1) is 0 Å². The molecule has 31 heavy (non-hydrogen) atoms. The Balaban J connectivity index is 1.76. The molecule has 3 amide bonds. The third kappa shape index (κ3) is 13.2. The van der Waals surface area contributed by atoms with E-state index in [4.69, 9.17) is 0 Å². The number of hydrogen-bond donors (Lipinski definition) is 1. The van der Waals surface area contributed by atoms with Gasteiger partial charge in [0, 0.05) is 6.54 Å². The summed E-state index contributed by atoms with van der Waals surface area (Å²) in [6.45, 7) is 6.39. The Labute approximate surface area is 193 Å². The first-order valence-corrected chi connectivity index (χ1v) is 13.6. The average molecular weight is 437 g/mol. The summed E-state index contributed by atoms with van der Waals surface area (Å²) >= 11 is 0. The van der Waals surface area contributed by atoms with Gasteiger partial charge in [0.15, 0.2) is 0 Å². The summed E-state index contributed by atoms with van der Waals surface area (Å²) < 4.78 is 0. The zero-order chi connectivity index (χ0) is 22.8. The molecule has 182 valence electrons. The summed E-state index contributed by atoms with van der Waals surface area (Å²) in [5.74, 6) is -0.0877. The quantitative estimate of drug-likeness (QED) is 0.146. The fourth-order valence-electron chi connectivity index (χ4n) is 4.55. The highest BCUT2D eigenvalue weighted by molar-refractivity contribution is 6.06. The topological polar surface area (TPSA) is 49.4 Å². The first-order chi connectivity index (χ1) is 15.0. The van der Waals surface area contributed by atoms with Gasteiger partial charge in [-0.3, -0.25) is 9.69 Å². The molecule has 0 unspecified atom stereocenters. The molecule has 4 heteroatoms. The number of carbonyl (C=O) groups is 2. The second-order valence-corrected chi connectivity index (χ2v) is 10.2. The average Bonchev–Trinajstić information content (AvgIpc) is 2.93. The van der Waals surface area contributed by atoms with E-state index in [1.807, 2.05) is 0 Å². The normalized spacial score (nSPS) is 15.6. The standard InChI is InChI=1S/C27H52N2O2/c1-4-5-6-7-8-9-10-11-12-13-14-15-16-17-18-19-20-21-22-23-24-29-25(30)27(2,3)28-26(29)31/h4-24H2,1-3H3,(H,28,31). The van der Waals surface area contributed by atoms with Crippen molar-refractivity contribution in [2.24, 2.45) is 0 Å². The van der Waals surface area contributed by atoms with Crippen LogP contribution >= 0.6 is 0 Å². The molecule has 0 aliphatic carbocycles. The lowest BCUT2D eigenvalue weighted by Gasteiger charge is -2.15. The third-order valence-corrected chi connectivity index (χ3v) is 6.68. The molecule has 4 nitrogen and oxygen atoms in total. The lowest BCUT2D eigenvalue weighted by Crippen LogP contribution is -2.40. The van der Waals surface area contributed by atoms with Gasteiger partial charge in [0.1, 0.15) is 5.54 Å². The van der Waals surface area contributed by atoms with Crippen LogP contribution in [0.1, 0.15) is 149 Å². The van der Waals surface area contributed by atoms with E-state index in [0.717, 1.165) is 12.8 Å². The fraction of sp³-hybridized carbons (Fsp3) is 0.926. The molecule has 1 N–H and O–H groups in total. The Bertz CT molecular complexity index is 476. The molecule has 1 heterocycles. The Morgan fingerprint density at radius 3 is 1.19 bits per heavy atom. The zero-order valence-corrected chi connectivity index (χ0v) is 21.1. The first kappa shape index (κ1) is 28.0. The van der Waals surface area contributed by atoms with E-state index in [1.54, 1.807) is 13.8 Å². The van der Waals surface area contributed by atoms with Crippen molar-refractivity contribution >= 4 is 11.9 Å². The molecule has 0 bridgehead atoms. The monoisotopic (exact) mass is 436 g/mol. The predicted octanol–water partition coefficient (Wildman–Crippen LogP) is 8.14. The molecule has 0 aromatic rings. The van der Waals surface area contributed by atoms with E-state index in [1.165, 1.54) is 120 Å². The number of carbonyl (C=O) groups excluding carboxylic acids is 2. The molecule has 0 atom stereocenters. The van der Waals surface area contributed by atoms with Crippen molar-refractivity contribution in [3.05, 3.63) is 0 Å². The molecule has 1 aliphatic rings.